The summed E-state index contributed by atoms with van der Waals surface area (Å²) in [5.41, 5.74) is 9.94. The minimum Gasteiger partial charge on any atom is -0.257 e. The minimum atomic E-state index is 0.684. The summed E-state index contributed by atoms with van der Waals surface area (Å²) in [5, 5.41) is 3.56. The molecule has 1 rings (SSSR count). The van der Waals surface area contributed by atoms with Crippen molar-refractivity contribution in [3.63, 3.8) is 0 Å². The molecule has 5 heteroatoms. The molecule has 1 aromatic rings. The van der Waals surface area contributed by atoms with Crippen LogP contribution in [0.25, 0.3) is 10.4 Å². The van der Waals surface area contributed by atoms with E-state index in [0.717, 1.165) is 5.56 Å². The average Bonchev–Trinajstić information content (AvgIpc) is 2.09. The topological polar surface area (TPSA) is 60.8 Å². The second-order valence-electron chi connectivity index (χ2n) is 2.13. The zero-order chi connectivity index (χ0) is 8.81. The van der Waals surface area contributed by atoms with Gasteiger partial charge < -0.3 is 0 Å². The second kappa shape index (κ2) is 4.97. The van der Waals surface area contributed by atoms with Gasteiger partial charge >= 0.3 is 0 Å². The summed E-state index contributed by atoms with van der Waals surface area (Å²) in [7, 11) is 0. The van der Waals surface area contributed by atoms with E-state index in [9.17, 15) is 0 Å². The van der Waals surface area contributed by atoms with E-state index in [1.165, 1.54) is 0 Å². The van der Waals surface area contributed by atoms with Crippen LogP contribution in [0.5, 0.6) is 0 Å². The van der Waals surface area contributed by atoms with Crippen LogP contribution in [0, 0.1) is 0 Å². The van der Waals surface area contributed by atoms with Gasteiger partial charge in [0.25, 0.3) is 0 Å². The molecule has 0 heterocycles. The predicted molar refractivity (Wildman–Crippen MR) is 56.1 cm³/mol. The lowest BCUT2D eigenvalue weighted by Gasteiger charge is -2.01. The molecule has 1 N–H and O–H groups in total. The standard InChI is InChI=1S/C7H7IN4/c8-10-5-6-3-1-2-4-7(6)11-12-9/h1-4,10H,5H2. The third-order valence-electron chi connectivity index (χ3n) is 1.40. The van der Waals surface area contributed by atoms with E-state index < -0.39 is 0 Å². The Morgan fingerprint density at radius 3 is 2.92 bits per heavy atom. The lowest BCUT2D eigenvalue weighted by molar-refractivity contribution is 1.01. The highest BCUT2D eigenvalue weighted by atomic mass is 127. The van der Waals surface area contributed by atoms with Crippen LogP contribution in [0.15, 0.2) is 29.4 Å². The molecular weight excluding hydrogens is 267 g/mol. The molecule has 62 valence electrons. The summed E-state index contributed by atoms with van der Waals surface area (Å²) in [6, 6.07) is 7.49. The van der Waals surface area contributed by atoms with E-state index in [1.54, 1.807) is 6.07 Å². The van der Waals surface area contributed by atoms with Crippen LogP contribution in [-0.4, -0.2) is 0 Å². The van der Waals surface area contributed by atoms with Crippen molar-refractivity contribution in [1.29, 1.82) is 0 Å². The summed E-state index contributed by atoms with van der Waals surface area (Å²) in [6.07, 6.45) is 0. The summed E-state index contributed by atoms with van der Waals surface area (Å²) in [6.45, 7) is 0.704. The number of nitrogens with zero attached hydrogens (tertiary/aromatic N) is 3. The van der Waals surface area contributed by atoms with Gasteiger partial charge in [-0.05, 0) is 11.1 Å². The van der Waals surface area contributed by atoms with Gasteiger partial charge in [-0.1, -0.05) is 29.4 Å². The molecule has 12 heavy (non-hydrogen) atoms. The first-order chi connectivity index (χ1) is 5.88. The summed E-state index contributed by atoms with van der Waals surface area (Å²) >= 11 is 2.05. The molecule has 0 fully saturated rings. The van der Waals surface area contributed by atoms with Gasteiger partial charge in [0.1, 0.15) is 0 Å². The quantitative estimate of drug-likeness (QED) is 0.297. The highest BCUT2D eigenvalue weighted by Crippen LogP contribution is 2.18. The number of benzene rings is 1. The molecule has 0 aliphatic rings. The Morgan fingerprint density at radius 1 is 1.50 bits per heavy atom. The molecule has 0 aliphatic carbocycles. The van der Waals surface area contributed by atoms with Gasteiger partial charge in [0.2, 0.25) is 0 Å². The fourth-order valence-electron chi connectivity index (χ4n) is 0.878. The molecule has 0 saturated carbocycles. The average molecular weight is 274 g/mol. The maximum absolute atomic E-state index is 8.25. The van der Waals surface area contributed by atoms with E-state index in [0.29, 0.717) is 12.2 Å². The third-order valence-corrected chi connectivity index (χ3v) is 1.78. The van der Waals surface area contributed by atoms with E-state index in [4.69, 9.17) is 5.53 Å². The number of hydrogen-bond acceptors (Lipinski definition) is 2. The first-order valence-electron chi connectivity index (χ1n) is 3.35. The van der Waals surface area contributed by atoms with Gasteiger partial charge in [0, 0.05) is 40.0 Å². The number of rotatable bonds is 3. The molecule has 0 saturated heterocycles. The highest BCUT2D eigenvalue weighted by Gasteiger charge is 1.96. The third kappa shape index (κ3) is 2.37. The highest BCUT2D eigenvalue weighted by molar-refractivity contribution is 14.1. The Hall–Kier alpha value is -0.780. The molecule has 0 unspecified atom stereocenters. The Balaban J connectivity index is 2.99. The smallest absolute Gasteiger partial charge is 0.0420 e. The normalized spacial score (nSPS) is 9.08. The van der Waals surface area contributed by atoms with Crippen molar-refractivity contribution in [3.8, 4) is 0 Å². The Labute approximate surface area is 84.1 Å². The Bertz CT molecular complexity index is 306. The van der Waals surface area contributed by atoms with Crippen molar-refractivity contribution < 1.29 is 0 Å². The minimum absolute atomic E-state index is 0.684. The van der Waals surface area contributed by atoms with Crippen LogP contribution in [0.4, 0.5) is 5.69 Å². The molecule has 0 spiro atoms. The van der Waals surface area contributed by atoms with Crippen LogP contribution in [-0.2, 0) is 6.54 Å². The van der Waals surface area contributed by atoms with Crippen molar-refractivity contribution in [2.45, 2.75) is 6.54 Å². The molecule has 0 bridgehead atoms. The maximum Gasteiger partial charge on any atom is 0.0420 e. The largest absolute Gasteiger partial charge is 0.257 e. The maximum atomic E-state index is 8.25. The molecule has 0 aromatic heterocycles. The molecule has 4 nitrogen and oxygen atoms in total. The first-order valence-corrected chi connectivity index (χ1v) is 4.43. The van der Waals surface area contributed by atoms with Crippen molar-refractivity contribution in [3.05, 3.63) is 40.3 Å². The van der Waals surface area contributed by atoms with Crippen molar-refractivity contribution in [2.75, 3.05) is 0 Å². The van der Waals surface area contributed by atoms with Crippen LogP contribution >= 0.6 is 22.9 Å². The fraction of sp³-hybridized carbons (Fsp3) is 0.143. The van der Waals surface area contributed by atoms with Crippen LogP contribution < -0.4 is 3.53 Å². The predicted octanol–water partition coefficient (Wildman–Crippen LogP) is 3.07. The fourth-order valence-corrected chi connectivity index (χ4v) is 1.29. The van der Waals surface area contributed by atoms with Gasteiger partial charge in [0.15, 0.2) is 0 Å². The summed E-state index contributed by atoms with van der Waals surface area (Å²) in [5.74, 6) is 0. The molecule has 0 radical (unpaired) electrons. The SMILES string of the molecule is [N-]=[N+]=Nc1ccccc1CNI. The number of azide groups is 1. The van der Waals surface area contributed by atoms with E-state index in [2.05, 4.69) is 36.4 Å². The van der Waals surface area contributed by atoms with Gasteiger partial charge in [-0.25, -0.2) is 0 Å². The monoisotopic (exact) mass is 274 g/mol. The molecule has 0 atom stereocenters. The summed E-state index contributed by atoms with van der Waals surface area (Å²) in [4.78, 5) is 2.74. The summed E-state index contributed by atoms with van der Waals surface area (Å²) < 4.78 is 2.97. The second-order valence-corrected chi connectivity index (χ2v) is 2.89. The lowest BCUT2D eigenvalue weighted by Crippen LogP contribution is -1.96. The number of hydrogen-bond donors (Lipinski definition) is 1. The molecule has 0 aliphatic heterocycles. The van der Waals surface area contributed by atoms with E-state index >= 15 is 0 Å². The Morgan fingerprint density at radius 2 is 2.25 bits per heavy atom. The molecule has 0 amide bonds. The van der Waals surface area contributed by atoms with Crippen molar-refractivity contribution >= 4 is 28.6 Å². The zero-order valence-corrected chi connectivity index (χ0v) is 8.39. The number of halogens is 1. The van der Waals surface area contributed by atoms with Gasteiger partial charge in [-0.2, -0.15) is 0 Å². The van der Waals surface area contributed by atoms with Crippen LogP contribution in [0.3, 0.4) is 0 Å². The zero-order valence-electron chi connectivity index (χ0n) is 6.24. The van der Waals surface area contributed by atoms with Crippen molar-refractivity contribution in [1.82, 2.24) is 3.53 Å². The Kier molecular flexibility index (Phi) is 3.86. The molecule has 1 aromatic carbocycles. The van der Waals surface area contributed by atoms with Crippen molar-refractivity contribution in [2.24, 2.45) is 5.11 Å². The lowest BCUT2D eigenvalue weighted by atomic mass is 10.2. The van der Waals surface area contributed by atoms with Gasteiger partial charge in [0.05, 0.1) is 0 Å². The first kappa shape index (κ1) is 9.31. The van der Waals surface area contributed by atoms with Gasteiger partial charge in [-0.15, -0.1) is 0 Å². The van der Waals surface area contributed by atoms with Crippen LogP contribution in [0.2, 0.25) is 0 Å². The molecular formula is C7H7IN4. The van der Waals surface area contributed by atoms with Crippen LogP contribution in [0.1, 0.15) is 5.56 Å². The van der Waals surface area contributed by atoms with E-state index in [1.807, 2.05) is 18.2 Å². The van der Waals surface area contributed by atoms with Gasteiger partial charge in [-0.3, -0.25) is 3.53 Å². The number of nitrogens with one attached hydrogen (secondary N) is 1. The van der Waals surface area contributed by atoms with E-state index in [-0.39, 0.29) is 0 Å².